The first-order chi connectivity index (χ1) is 9.21. The van der Waals surface area contributed by atoms with Crippen LogP contribution in [0.25, 0.3) is 0 Å². The summed E-state index contributed by atoms with van der Waals surface area (Å²) in [6.45, 7) is 7.43. The normalized spacial score (nSPS) is 9.53. The molecule has 0 amide bonds. The molecule has 0 saturated carbocycles. The lowest BCUT2D eigenvalue weighted by atomic mass is 10.1. The molecule has 4 nitrogen and oxygen atoms in total. The number of allylic oxidation sites excluding steroid dienone is 1. The first-order valence-electron chi connectivity index (χ1n) is 5.91. The molecule has 0 atom stereocenters. The van der Waals surface area contributed by atoms with E-state index in [9.17, 15) is 4.79 Å². The monoisotopic (exact) mass is 262 g/mol. The van der Waals surface area contributed by atoms with Gasteiger partial charge in [0.15, 0.2) is 11.5 Å². The molecule has 0 heterocycles. The number of hydrogen-bond acceptors (Lipinski definition) is 4. The standard InChI is InChI=1S/C15H18O4/c1-4-6-12-7-8-13(14(11-12)17-3)18-9-10-19-15(16)5-2/h4-5,7-8,11H,1-2,6,9-10H2,3H3. The summed E-state index contributed by atoms with van der Waals surface area (Å²) in [4.78, 5) is 10.8. The van der Waals surface area contributed by atoms with E-state index < -0.39 is 5.97 Å². The third kappa shape index (κ3) is 4.87. The highest BCUT2D eigenvalue weighted by atomic mass is 16.6. The Morgan fingerprint density at radius 3 is 2.68 bits per heavy atom. The maximum Gasteiger partial charge on any atom is 0.330 e. The Morgan fingerprint density at radius 2 is 2.05 bits per heavy atom. The van der Waals surface area contributed by atoms with Gasteiger partial charge in [0.2, 0.25) is 0 Å². The first-order valence-corrected chi connectivity index (χ1v) is 5.91. The number of benzene rings is 1. The van der Waals surface area contributed by atoms with Crippen molar-refractivity contribution >= 4 is 5.97 Å². The van der Waals surface area contributed by atoms with E-state index in [1.165, 1.54) is 0 Å². The summed E-state index contributed by atoms with van der Waals surface area (Å²) < 4.78 is 15.6. The zero-order valence-electron chi connectivity index (χ0n) is 11.1. The zero-order chi connectivity index (χ0) is 14.1. The van der Waals surface area contributed by atoms with Gasteiger partial charge in [-0.1, -0.05) is 18.7 Å². The van der Waals surface area contributed by atoms with E-state index in [0.29, 0.717) is 11.5 Å². The van der Waals surface area contributed by atoms with E-state index in [0.717, 1.165) is 18.1 Å². The Balaban J connectivity index is 2.55. The van der Waals surface area contributed by atoms with Crippen LogP contribution in [0.2, 0.25) is 0 Å². The largest absolute Gasteiger partial charge is 0.493 e. The third-order valence-electron chi connectivity index (χ3n) is 2.36. The molecule has 0 radical (unpaired) electrons. The molecule has 1 aromatic rings. The number of methoxy groups -OCH3 is 1. The molecule has 0 spiro atoms. The molecule has 19 heavy (non-hydrogen) atoms. The fourth-order valence-electron chi connectivity index (χ4n) is 1.48. The molecule has 0 aliphatic heterocycles. The lowest BCUT2D eigenvalue weighted by molar-refractivity contribution is -0.138. The van der Waals surface area contributed by atoms with Crippen molar-refractivity contribution in [2.75, 3.05) is 20.3 Å². The summed E-state index contributed by atoms with van der Waals surface area (Å²) >= 11 is 0. The van der Waals surface area contributed by atoms with Crippen molar-refractivity contribution in [3.8, 4) is 11.5 Å². The maximum atomic E-state index is 10.8. The van der Waals surface area contributed by atoms with Crippen LogP contribution in [0.5, 0.6) is 11.5 Å². The lowest BCUT2D eigenvalue weighted by Crippen LogP contribution is -2.10. The fourth-order valence-corrected chi connectivity index (χ4v) is 1.48. The number of rotatable bonds is 8. The van der Waals surface area contributed by atoms with Crippen molar-refractivity contribution in [1.29, 1.82) is 0 Å². The smallest absolute Gasteiger partial charge is 0.330 e. The highest BCUT2D eigenvalue weighted by Gasteiger charge is 2.05. The van der Waals surface area contributed by atoms with Crippen molar-refractivity contribution < 1.29 is 19.0 Å². The highest BCUT2D eigenvalue weighted by molar-refractivity contribution is 5.81. The van der Waals surface area contributed by atoms with Gasteiger partial charge in [-0.15, -0.1) is 6.58 Å². The van der Waals surface area contributed by atoms with Crippen molar-refractivity contribution in [1.82, 2.24) is 0 Å². The average Bonchev–Trinajstić information content (AvgIpc) is 2.44. The maximum absolute atomic E-state index is 10.8. The van der Waals surface area contributed by atoms with Crippen LogP contribution in [0.1, 0.15) is 5.56 Å². The van der Waals surface area contributed by atoms with Crippen molar-refractivity contribution in [2.24, 2.45) is 0 Å². The molecule has 0 bridgehead atoms. The quantitative estimate of drug-likeness (QED) is 0.312. The molecule has 0 fully saturated rings. The molecule has 0 aliphatic rings. The Kier molecular flexibility index (Phi) is 6.22. The topological polar surface area (TPSA) is 44.8 Å². The van der Waals surface area contributed by atoms with Gasteiger partial charge in [-0.2, -0.15) is 0 Å². The summed E-state index contributed by atoms with van der Waals surface area (Å²) in [6, 6.07) is 5.66. The van der Waals surface area contributed by atoms with Crippen LogP contribution in [0, 0.1) is 0 Å². The SMILES string of the molecule is C=CCc1ccc(OCCOC(=O)C=C)c(OC)c1. The Hall–Kier alpha value is -2.23. The number of carbonyl (C=O) groups excluding carboxylic acids is 1. The highest BCUT2D eigenvalue weighted by Crippen LogP contribution is 2.28. The van der Waals surface area contributed by atoms with Gasteiger partial charge < -0.3 is 14.2 Å². The number of carbonyl (C=O) groups is 1. The van der Waals surface area contributed by atoms with Crippen LogP contribution >= 0.6 is 0 Å². The minimum atomic E-state index is -0.461. The summed E-state index contributed by atoms with van der Waals surface area (Å²) in [5, 5.41) is 0. The fraction of sp³-hybridized carbons (Fsp3) is 0.267. The minimum Gasteiger partial charge on any atom is -0.493 e. The third-order valence-corrected chi connectivity index (χ3v) is 2.36. The molecule has 0 aromatic heterocycles. The molecule has 1 rings (SSSR count). The molecule has 0 saturated heterocycles. The van der Waals surface area contributed by atoms with Gasteiger partial charge in [0, 0.05) is 6.08 Å². The summed E-state index contributed by atoms with van der Waals surface area (Å²) in [7, 11) is 1.58. The number of hydrogen-bond donors (Lipinski definition) is 0. The summed E-state index contributed by atoms with van der Waals surface area (Å²) in [5.74, 6) is 0.802. The van der Waals surface area contributed by atoms with Crippen LogP contribution in [0.3, 0.4) is 0 Å². The van der Waals surface area contributed by atoms with Crippen LogP contribution in [0.4, 0.5) is 0 Å². The lowest BCUT2D eigenvalue weighted by Gasteiger charge is -2.11. The van der Waals surface area contributed by atoms with E-state index in [-0.39, 0.29) is 13.2 Å². The Morgan fingerprint density at radius 1 is 1.26 bits per heavy atom. The van der Waals surface area contributed by atoms with Gasteiger partial charge in [-0.3, -0.25) is 0 Å². The second-order valence-corrected chi connectivity index (χ2v) is 3.70. The second-order valence-electron chi connectivity index (χ2n) is 3.70. The molecule has 0 unspecified atom stereocenters. The Bertz CT molecular complexity index is 451. The van der Waals surface area contributed by atoms with Gasteiger partial charge in [0.25, 0.3) is 0 Å². The number of esters is 1. The molecule has 0 aliphatic carbocycles. The molecule has 1 aromatic carbocycles. The first kappa shape index (κ1) is 14.8. The van der Waals surface area contributed by atoms with E-state index in [1.54, 1.807) is 7.11 Å². The summed E-state index contributed by atoms with van der Waals surface area (Å²) in [5.41, 5.74) is 1.09. The summed E-state index contributed by atoms with van der Waals surface area (Å²) in [6.07, 6.45) is 3.71. The predicted octanol–water partition coefficient (Wildman–Crippen LogP) is 2.53. The average molecular weight is 262 g/mol. The molecular weight excluding hydrogens is 244 g/mol. The predicted molar refractivity (Wildman–Crippen MR) is 73.5 cm³/mol. The van der Waals surface area contributed by atoms with Crippen molar-refractivity contribution in [2.45, 2.75) is 6.42 Å². The van der Waals surface area contributed by atoms with Crippen LogP contribution in [0.15, 0.2) is 43.5 Å². The van der Waals surface area contributed by atoms with Gasteiger partial charge in [-0.05, 0) is 24.1 Å². The molecule has 4 heteroatoms. The number of ether oxygens (including phenoxy) is 3. The molecular formula is C15H18O4. The van der Waals surface area contributed by atoms with Crippen molar-refractivity contribution in [3.05, 3.63) is 49.1 Å². The van der Waals surface area contributed by atoms with Crippen LogP contribution < -0.4 is 9.47 Å². The Labute approximate surface area is 113 Å². The van der Waals surface area contributed by atoms with E-state index in [1.807, 2.05) is 24.3 Å². The van der Waals surface area contributed by atoms with Gasteiger partial charge in [0.05, 0.1) is 7.11 Å². The van der Waals surface area contributed by atoms with Crippen LogP contribution in [-0.4, -0.2) is 26.3 Å². The van der Waals surface area contributed by atoms with Gasteiger partial charge >= 0.3 is 5.97 Å². The van der Waals surface area contributed by atoms with Crippen LogP contribution in [-0.2, 0) is 16.0 Å². The van der Waals surface area contributed by atoms with Crippen molar-refractivity contribution in [3.63, 3.8) is 0 Å². The van der Waals surface area contributed by atoms with Gasteiger partial charge in [-0.25, -0.2) is 4.79 Å². The molecule has 0 N–H and O–H groups in total. The van der Waals surface area contributed by atoms with E-state index >= 15 is 0 Å². The second kappa shape index (κ2) is 7.97. The minimum absolute atomic E-state index is 0.169. The molecule has 102 valence electrons. The van der Waals surface area contributed by atoms with E-state index in [2.05, 4.69) is 13.2 Å². The van der Waals surface area contributed by atoms with Gasteiger partial charge in [0.1, 0.15) is 13.2 Å². The zero-order valence-corrected chi connectivity index (χ0v) is 11.1. The van der Waals surface area contributed by atoms with E-state index in [4.69, 9.17) is 14.2 Å².